The number of rotatable bonds is 6. The van der Waals surface area contributed by atoms with Crippen LogP contribution in [0.2, 0.25) is 0 Å². The van der Waals surface area contributed by atoms with Crippen LogP contribution >= 0.6 is 0 Å². The molecule has 3 rings (SSSR count). The fourth-order valence-corrected chi connectivity index (χ4v) is 2.89. The molecule has 0 spiro atoms. The zero-order valence-corrected chi connectivity index (χ0v) is 14.0. The third kappa shape index (κ3) is 4.20. The summed E-state index contributed by atoms with van der Waals surface area (Å²) in [6.07, 6.45) is 5.45. The largest absolute Gasteiger partial charge is 0.370 e. The second-order valence-electron chi connectivity index (χ2n) is 6.08. The first-order valence-corrected chi connectivity index (χ1v) is 8.52. The maximum Gasteiger partial charge on any atom is 0.276 e. The molecule has 2 aromatic rings. The summed E-state index contributed by atoms with van der Waals surface area (Å²) in [4.78, 5) is 18.6. The zero-order chi connectivity index (χ0) is 16.8. The number of aryl methyl sites for hydroxylation is 1. The van der Waals surface area contributed by atoms with Gasteiger partial charge in [-0.1, -0.05) is 18.1 Å². The number of carbonyl (C=O) groups is 1. The molecule has 0 N–H and O–H groups in total. The summed E-state index contributed by atoms with van der Waals surface area (Å²) >= 11 is 0. The topological polar surface area (TPSA) is 68.5 Å². The lowest BCUT2D eigenvalue weighted by molar-refractivity contribution is -0.00810. The molecule has 0 aliphatic carbocycles. The third-order valence-corrected chi connectivity index (χ3v) is 4.13. The van der Waals surface area contributed by atoms with E-state index in [1.54, 1.807) is 17.2 Å². The van der Waals surface area contributed by atoms with E-state index in [0.717, 1.165) is 43.7 Å². The molecule has 1 aliphatic heterocycles. The average Bonchev–Trinajstić information content (AvgIpc) is 3.09. The van der Waals surface area contributed by atoms with Gasteiger partial charge in [-0.25, -0.2) is 0 Å². The summed E-state index contributed by atoms with van der Waals surface area (Å²) < 4.78 is 11.1. The molecule has 1 amide bonds. The van der Waals surface area contributed by atoms with Crippen molar-refractivity contribution in [2.45, 2.75) is 45.3 Å². The highest BCUT2D eigenvalue weighted by molar-refractivity contribution is 5.92. The van der Waals surface area contributed by atoms with Gasteiger partial charge >= 0.3 is 0 Å². The van der Waals surface area contributed by atoms with E-state index in [9.17, 15) is 4.79 Å². The zero-order valence-electron chi connectivity index (χ0n) is 14.0. The van der Waals surface area contributed by atoms with E-state index in [4.69, 9.17) is 9.26 Å². The fourth-order valence-electron chi connectivity index (χ4n) is 2.89. The van der Waals surface area contributed by atoms with Gasteiger partial charge in [-0.3, -0.25) is 9.78 Å². The van der Waals surface area contributed by atoms with Crippen LogP contribution in [0.5, 0.6) is 0 Å². The second kappa shape index (κ2) is 8.06. The molecule has 6 nitrogen and oxygen atoms in total. The van der Waals surface area contributed by atoms with Crippen molar-refractivity contribution < 1.29 is 14.1 Å². The number of nitrogens with zero attached hydrogens (tertiary/aromatic N) is 3. The average molecular weight is 329 g/mol. The van der Waals surface area contributed by atoms with Gasteiger partial charge in [0.05, 0.1) is 18.4 Å². The highest BCUT2D eigenvalue weighted by Gasteiger charge is 2.27. The Morgan fingerprint density at radius 1 is 1.46 bits per heavy atom. The van der Waals surface area contributed by atoms with Gasteiger partial charge in [0.2, 0.25) is 0 Å². The van der Waals surface area contributed by atoms with Crippen molar-refractivity contribution in [1.29, 1.82) is 0 Å². The molecule has 0 radical (unpaired) electrons. The molecule has 1 saturated heterocycles. The number of ether oxygens (including phenoxy) is 1. The van der Waals surface area contributed by atoms with E-state index in [1.807, 2.05) is 18.2 Å². The molecule has 2 aromatic heterocycles. The van der Waals surface area contributed by atoms with Crippen LogP contribution in [-0.2, 0) is 17.8 Å². The molecule has 1 atom stereocenters. The van der Waals surface area contributed by atoms with Crippen molar-refractivity contribution >= 4 is 5.91 Å². The van der Waals surface area contributed by atoms with E-state index in [1.165, 1.54) is 0 Å². The number of hydrogen-bond acceptors (Lipinski definition) is 5. The number of piperidine rings is 1. The highest BCUT2D eigenvalue weighted by atomic mass is 16.5. The first-order chi connectivity index (χ1) is 11.8. The number of carbonyl (C=O) groups excluding carboxylic acids is 1. The Morgan fingerprint density at radius 3 is 3.17 bits per heavy atom. The van der Waals surface area contributed by atoms with Gasteiger partial charge in [-0.05, 0) is 31.4 Å². The summed E-state index contributed by atoms with van der Waals surface area (Å²) in [7, 11) is 0. The molecule has 3 heterocycles. The van der Waals surface area contributed by atoms with E-state index >= 15 is 0 Å². The van der Waals surface area contributed by atoms with Crippen LogP contribution in [-0.4, -0.2) is 40.1 Å². The Morgan fingerprint density at radius 2 is 2.38 bits per heavy atom. The van der Waals surface area contributed by atoms with Gasteiger partial charge in [0.1, 0.15) is 5.76 Å². The van der Waals surface area contributed by atoms with E-state index in [-0.39, 0.29) is 12.0 Å². The van der Waals surface area contributed by atoms with Gasteiger partial charge in [-0.2, -0.15) is 0 Å². The van der Waals surface area contributed by atoms with Crippen LogP contribution < -0.4 is 0 Å². The number of hydrogen-bond donors (Lipinski definition) is 0. The van der Waals surface area contributed by atoms with Crippen molar-refractivity contribution in [3.63, 3.8) is 0 Å². The first-order valence-electron chi connectivity index (χ1n) is 8.52. The minimum absolute atomic E-state index is 0.0340. The molecule has 1 fully saturated rings. The van der Waals surface area contributed by atoms with Crippen LogP contribution in [0, 0.1) is 0 Å². The van der Waals surface area contributed by atoms with Crippen LogP contribution in [0.25, 0.3) is 0 Å². The molecular weight excluding hydrogens is 306 g/mol. The summed E-state index contributed by atoms with van der Waals surface area (Å²) in [6.45, 7) is 3.86. The number of likely N-dealkylation sites (tertiary alicyclic amines) is 1. The molecule has 0 aromatic carbocycles. The van der Waals surface area contributed by atoms with Gasteiger partial charge < -0.3 is 14.2 Å². The predicted molar refractivity (Wildman–Crippen MR) is 88.4 cm³/mol. The Kier molecular flexibility index (Phi) is 5.59. The second-order valence-corrected chi connectivity index (χ2v) is 6.08. The van der Waals surface area contributed by atoms with E-state index in [2.05, 4.69) is 17.1 Å². The molecule has 128 valence electrons. The SMILES string of the molecule is CCCc1cc(C(=O)N2CCC[C@H](OCc3ccccn3)C2)no1. The summed E-state index contributed by atoms with van der Waals surface area (Å²) in [6, 6.07) is 7.52. The smallest absolute Gasteiger partial charge is 0.276 e. The molecule has 24 heavy (non-hydrogen) atoms. The molecular formula is C18H23N3O3. The fraction of sp³-hybridized carbons (Fsp3) is 0.500. The highest BCUT2D eigenvalue weighted by Crippen LogP contribution is 2.17. The van der Waals surface area contributed by atoms with Gasteiger partial charge in [0.25, 0.3) is 5.91 Å². The lowest BCUT2D eigenvalue weighted by Crippen LogP contribution is -2.43. The van der Waals surface area contributed by atoms with Crippen LogP contribution in [0.1, 0.15) is 48.1 Å². The normalized spacial score (nSPS) is 17.9. The minimum Gasteiger partial charge on any atom is -0.370 e. The molecule has 6 heteroatoms. The van der Waals surface area contributed by atoms with Crippen LogP contribution in [0.3, 0.4) is 0 Å². The Hall–Kier alpha value is -2.21. The number of aromatic nitrogens is 2. The summed E-state index contributed by atoms with van der Waals surface area (Å²) in [5.41, 5.74) is 1.30. The van der Waals surface area contributed by atoms with E-state index in [0.29, 0.717) is 18.8 Å². The maximum absolute atomic E-state index is 12.6. The minimum atomic E-state index is -0.0766. The molecule has 0 bridgehead atoms. The summed E-state index contributed by atoms with van der Waals surface area (Å²) in [5.74, 6) is 0.688. The third-order valence-electron chi connectivity index (χ3n) is 4.13. The molecule has 0 saturated carbocycles. The van der Waals surface area contributed by atoms with Crippen LogP contribution in [0.4, 0.5) is 0 Å². The molecule has 0 unspecified atom stereocenters. The van der Waals surface area contributed by atoms with Crippen molar-refractivity contribution in [1.82, 2.24) is 15.0 Å². The quantitative estimate of drug-likeness (QED) is 0.815. The Balaban J connectivity index is 1.55. The Bertz CT molecular complexity index is 657. The van der Waals surface area contributed by atoms with E-state index < -0.39 is 0 Å². The standard InChI is InChI=1S/C18H23N3O3/c1-2-6-15-11-17(20-24-15)18(22)21-10-5-8-16(12-21)23-13-14-7-3-4-9-19-14/h3-4,7,9,11,16H,2,5-6,8,10,12-13H2,1H3/t16-/m0/s1. The van der Waals surface area contributed by atoms with Gasteiger partial charge in [0, 0.05) is 31.8 Å². The molecule has 1 aliphatic rings. The lowest BCUT2D eigenvalue weighted by Gasteiger charge is -2.32. The number of pyridine rings is 1. The lowest BCUT2D eigenvalue weighted by atomic mass is 10.1. The first kappa shape index (κ1) is 16.6. The predicted octanol–water partition coefficient (Wildman–Crippen LogP) is 2.84. The van der Waals surface area contributed by atoms with Crippen molar-refractivity contribution in [3.05, 3.63) is 47.6 Å². The van der Waals surface area contributed by atoms with Crippen molar-refractivity contribution in [3.8, 4) is 0 Å². The van der Waals surface area contributed by atoms with Crippen molar-refractivity contribution in [2.75, 3.05) is 13.1 Å². The summed E-state index contributed by atoms with van der Waals surface area (Å²) in [5, 5.41) is 3.91. The number of amides is 1. The monoisotopic (exact) mass is 329 g/mol. The van der Waals surface area contributed by atoms with Gasteiger partial charge in [0.15, 0.2) is 5.69 Å². The van der Waals surface area contributed by atoms with Crippen LogP contribution in [0.15, 0.2) is 35.0 Å². The van der Waals surface area contributed by atoms with Gasteiger partial charge in [-0.15, -0.1) is 0 Å². The maximum atomic E-state index is 12.6. The van der Waals surface area contributed by atoms with Crippen molar-refractivity contribution in [2.24, 2.45) is 0 Å². The Labute approximate surface area is 141 Å².